The third-order valence-electron chi connectivity index (χ3n) is 5.20. The second-order valence-electron chi connectivity index (χ2n) is 7.26. The van der Waals surface area contributed by atoms with Gasteiger partial charge in [0, 0.05) is 31.9 Å². The maximum atomic E-state index is 11.9. The zero-order chi connectivity index (χ0) is 21.3. The highest BCUT2D eigenvalue weighted by atomic mass is 16.5. The fourth-order valence-electron chi connectivity index (χ4n) is 3.33. The molecule has 1 aliphatic rings. The monoisotopic (exact) mass is 408 g/mol. The standard InChI is InChI=1S/C20H24N8O2/c1-12-4-5-13(19(29)30-3)10-14(12)24-18-16-15(22-11-23-18)17(21)26-20(25-16)28-8-6-27(2)7-9-28/h4-5,10-11H,6-9H2,1-3H3,(H2,21,25,26)(H,22,23,24). The van der Waals surface area contributed by atoms with Gasteiger partial charge >= 0.3 is 5.97 Å². The van der Waals surface area contributed by atoms with Gasteiger partial charge in [-0.25, -0.2) is 19.7 Å². The molecule has 4 rings (SSSR count). The molecule has 30 heavy (non-hydrogen) atoms. The van der Waals surface area contributed by atoms with Gasteiger partial charge in [0.05, 0.1) is 12.7 Å². The molecule has 0 saturated carbocycles. The summed E-state index contributed by atoms with van der Waals surface area (Å²) in [6.45, 7) is 5.43. The number of nitrogens with one attached hydrogen (secondary N) is 1. The number of carbonyl (C=O) groups excluding carboxylic acids is 1. The van der Waals surface area contributed by atoms with E-state index in [2.05, 4.69) is 37.1 Å². The molecule has 0 aliphatic carbocycles. The first-order valence-corrected chi connectivity index (χ1v) is 9.64. The Morgan fingerprint density at radius 2 is 1.90 bits per heavy atom. The number of piperazine rings is 1. The normalized spacial score (nSPS) is 14.7. The second kappa shape index (κ2) is 8.07. The molecule has 0 unspecified atom stereocenters. The van der Waals surface area contributed by atoms with Gasteiger partial charge in [-0.1, -0.05) is 6.07 Å². The van der Waals surface area contributed by atoms with Gasteiger partial charge in [0.2, 0.25) is 5.95 Å². The number of hydrogen-bond acceptors (Lipinski definition) is 10. The predicted octanol–water partition coefficient (Wildman–Crippen LogP) is 1.59. The summed E-state index contributed by atoms with van der Waals surface area (Å²) >= 11 is 0. The molecule has 3 heterocycles. The molecule has 1 fully saturated rings. The van der Waals surface area contributed by atoms with Crippen molar-refractivity contribution in [2.75, 3.05) is 56.3 Å². The van der Waals surface area contributed by atoms with Crippen LogP contribution in [0.15, 0.2) is 24.5 Å². The molecular formula is C20H24N8O2. The molecule has 0 amide bonds. The number of nitrogen functional groups attached to an aromatic ring is 1. The van der Waals surface area contributed by atoms with Crippen molar-refractivity contribution in [3.05, 3.63) is 35.7 Å². The number of nitrogens with zero attached hydrogens (tertiary/aromatic N) is 6. The largest absolute Gasteiger partial charge is 0.465 e. The minimum absolute atomic E-state index is 0.305. The number of nitrogens with two attached hydrogens (primary N) is 1. The van der Waals surface area contributed by atoms with Crippen LogP contribution in [0, 0.1) is 6.92 Å². The van der Waals surface area contributed by atoms with Gasteiger partial charge in [0.15, 0.2) is 11.6 Å². The number of anilines is 4. The Hall–Kier alpha value is -3.53. The van der Waals surface area contributed by atoms with E-state index in [1.54, 1.807) is 12.1 Å². The maximum Gasteiger partial charge on any atom is 0.337 e. The Balaban J connectivity index is 1.74. The van der Waals surface area contributed by atoms with Gasteiger partial charge in [0.1, 0.15) is 17.4 Å². The molecule has 10 heteroatoms. The van der Waals surface area contributed by atoms with Crippen molar-refractivity contribution in [1.29, 1.82) is 0 Å². The van der Waals surface area contributed by atoms with Crippen LogP contribution in [0.2, 0.25) is 0 Å². The zero-order valence-corrected chi connectivity index (χ0v) is 17.2. The summed E-state index contributed by atoms with van der Waals surface area (Å²) in [5, 5.41) is 3.27. The molecule has 0 radical (unpaired) electrons. The number of carbonyl (C=O) groups is 1. The van der Waals surface area contributed by atoms with E-state index in [1.165, 1.54) is 13.4 Å². The third kappa shape index (κ3) is 3.81. The van der Waals surface area contributed by atoms with Crippen LogP contribution in [0.5, 0.6) is 0 Å². The van der Waals surface area contributed by atoms with Gasteiger partial charge < -0.3 is 25.6 Å². The summed E-state index contributed by atoms with van der Waals surface area (Å²) in [6, 6.07) is 5.29. The van der Waals surface area contributed by atoms with Crippen LogP contribution in [0.25, 0.3) is 11.0 Å². The number of methoxy groups -OCH3 is 1. The SMILES string of the molecule is COC(=O)c1ccc(C)c(Nc2ncnc3c(N)nc(N4CCN(C)CC4)nc23)c1. The number of rotatable bonds is 4. The Morgan fingerprint density at radius 1 is 1.13 bits per heavy atom. The third-order valence-corrected chi connectivity index (χ3v) is 5.20. The number of ether oxygens (including phenoxy) is 1. The van der Waals surface area contributed by atoms with Crippen LogP contribution in [0.4, 0.5) is 23.3 Å². The highest BCUT2D eigenvalue weighted by Gasteiger charge is 2.20. The van der Waals surface area contributed by atoms with E-state index in [-0.39, 0.29) is 0 Å². The first-order chi connectivity index (χ1) is 14.5. The van der Waals surface area contributed by atoms with E-state index in [9.17, 15) is 4.79 Å². The van der Waals surface area contributed by atoms with Crippen LogP contribution < -0.4 is 16.0 Å². The van der Waals surface area contributed by atoms with E-state index in [0.717, 1.165) is 37.4 Å². The van der Waals surface area contributed by atoms with E-state index in [4.69, 9.17) is 15.5 Å². The van der Waals surface area contributed by atoms with Crippen molar-refractivity contribution in [1.82, 2.24) is 24.8 Å². The van der Waals surface area contributed by atoms with Gasteiger partial charge in [-0.2, -0.15) is 4.98 Å². The van der Waals surface area contributed by atoms with Crippen molar-refractivity contribution in [3.63, 3.8) is 0 Å². The Labute approximate surface area is 174 Å². The fourth-order valence-corrected chi connectivity index (χ4v) is 3.33. The summed E-state index contributed by atoms with van der Waals surface area (Å²) in [6.07, 6.45) is 1.42. The smallest absolute Gasteiger partial charge is 0.337 e. The van der Waals surface area contributed by atoms with Crippen molar-refractivity contribution in [2.45, 2.75) is 6.92 Å². The number of aromatic nitrogens is 4. The summed E-state index contributed by atoms with van der Waals surface area (Å²) in [4.78, 5) is 34.1. The molecule has 10 nitrogen and oxygen atoms in total. The van der Waals surface area contributed by atoms with E-state index in [1.807, 2.05) is 13.0 Å². The van der Waals surface area contributed by atoms with Gasteiger partial charge in [0.25, 0.3) is 0 Å². The summed E-state index contributed by atoms with van der Waals surface area (Å²) in [5.41, 5.74) is 9.31. The van der Waals surface area contributed by atoms with E-state index >= 15 is 0 Å². The Morgan fingerprint density at radius 3 is 2.63 bits per heavy atom. The van der Waals surface area contributed by atoms with Crippen molar-refractivity contribution >= 4 is 40.3 Å². The highest BCUT2D eigenvalue weighted by Crippen LogP contribution is 2.28. The number of hydrogen-bond donors (Lipinski definition) is 2. The number of esters is 1. The molecule has 2 aromatic heterocycles. The Kier molecular flexibility index (Phi) is 5.32. The minimum atomic E-state index is -0.408. The zero-order valence-electron chi connectivity index (χ0n) is 17.2. The summed E-state index contributed by atoms with van der Waals surface area (Å²) < 4.78 is 4.82. The molecule has 1 aromatic carbocycles. The van der Waals surface area contributed by atoms with E-state index in [0.29, 0.717) is 34.2 Å². The van der Waals surface area contributed by atoms with Crippen LogP contribution in [-0.2, 0) is 4.74 Å². The molecule has 0 atom stereocenters. The average Bonchev–Trinajstić information content (AvgIpc) is 2.75. The van der Waals surface area contributed by atoms with Crippen LogP contribution in [0.1, 0.15) is 15.9 Å². The number of fused-ring (bicyclic) bond motifs is 1. The molecule has 0 bridgehead atoms. The summed E-state index contributed by atoms with van der Waals surface area (Å²) in [5.74, 6) is 0.953. The van der Waals surface area contributed by atoms with Crippen molar-refractivity contribution in [2.24, 2.45) is 0 Å². The van der Waals surface area contributed by atoms with Gasteiger partial charge in [-0.05, 0) is 31.7 Å². The molecule has 3 N–H and O–H groups in total. The molecule has 1 aliphatic heterocycles. The quantitative estimate of drug-likeness (QED) is 0.615. The highest BCUT2D eigenvalue weighted by molar-refractivity contribution is 5.95. The first-order valence-electron chi connectivity index (χ1n) is 9.64. The van der Waals surface area contributed by atoms with Gasteiger partial charge in [-0.3, -0.25) is 0 Å². The average molecular weight is 408 g/mol. The lowest BCUT2D eigenvalue weighted by molar-refractivity contribution is 0.0601. The lowest BCUT2D eigenvalue weighted by Crippen LogP contribution is -2.45. The van der Waals surface area contributed by atoms with Crippen LogP contribution in [-0.4, -0.2) is 71.1 Å². The van der Waals surface area contributed by atoms with Crippen LogP contribution >= 0.6 is 0 Å². The van der Waals surface area contributed by atoms with Crippen molar-refractivity contribution < 1.29 is 9.53 Å². The molecule has 3 aromatic rings. The molecule has 0 spiro atoms. The van der Waals surface area contributed by atoms with Crippen LogP contribution in [0.3, 0.4) is 0 Å². The lowest BCUT2D eigenvalue weighted by atomic mass is 10.1. The second-order valence-corrected chi connectivity index (χ2v) is 7.26. The fraction of sp³-hybridized carbons (Fsp3) is 0.350. The number of aryl methyl sites for hydroxylation is 1. The first kappa shape index (κ1) is 19.8. The number of likely N-dealkylation sites (N-methyl/N-ethyl adjacent to an activating group) is 1. The maximum absolute atomic E-state index is 11.9. The minimum Gasteiger partial charge on any atom is -0.465 e. The lowest BCUT2D eigenvalue weighted by Gasteiger charge is -2.32. The van der Waals surface area contributed by atoms with E-state index < -0.39 is 5.97 Å². The van der Waals surface area contributed by atoms with Crippen molar-refractivity contribution in [3.8, 4) is 0 Å². The topological polar surface area (TPSA) is 122 Å². The van der Waals surface area contributed by atoms with Gasteiger partial charge in [-0.15, -0.1) is 0 Å². The molecule has 1 saturated heterocycles. The number of benzene rings is 1. The Bertz CT molecular complexity index is 1100. The predicted molar refractivity (Wildman–Crippen MR) is 115 cm³/mol. The molecular weight excluding hydrogens is 384 g/mol. The summed E-state index contributed by atoms with van der Waals surface area (Å²) in [7, 11) is 3.44. The molecule has 156 valence electrons.